The van der Waals surface area contributed by atoms with Gasteiger partial charge in [-0.15, -0.1) is 6.42 Å². The number of benzene rings is 1. The van der Waals surface area contributed by atoms with Crippen molar-refractivity contribution in [1.82, 2.24) is 19.7 Å². The molecule has 2 aromatic heterocycles. The summed E-state index contributed by atoms with van der Waals surface area (Å²) in [5, 5.41) is 5.37. The van der Waals surface area contributed by atoms with Gasteiger partial charge in [0.2, 0.25) is 5.28 Å². The molecule has 0 aliphatic carbocycles. The van der Waals surface area contributed by atoms with Gasteiger partial charge in [-0.2, -0.15) is 15.1 Å². The molecule has 3 heterocycles. The molecule has 0 saturated carbocycles. The first kappa shape index (κ1) is 40.5. The predicted octanol–water partition coefficient (Wildman–Crippen LogP) is 4.23. The van der Waals surface area contributed by atoms with Crippen LogP contribution in [0.3, 0.4) is 0 Å². The molecule has 1 aromatic carbocycles. The number of fused-ring (bicyclic) bond motifs is 1. The standard InChI is InChI=1S/C32H46ClN5O10P2/c1-4-12-42-14-16-44-18-19-45-17-15-43-13-11-37(21-25-5-7-26(8-6-25)47-24(2)3)30-28-20-34-38(31(28)36-32(33)35-30)29-10-9-27(48-29)22-46-50(41)23-49(39)40/h1,5-8,20,24,27,29,39-41H,9-19,21-23H2,2-3H3. The zero-order chi connectivity index (χ0) is 35.7. The number of anilines is 1. The molecule has 3 N–H and O–H groups in total. The van der Waals surface area contributed by atoms with E-state index >= 15 is 0 Å². The zero-order valence-corrected chi connectivity index (χ0v) is 30.8. The van der Waals surface area contributed by atoms with Crippen LogP contribution in [0.5, 0.6) is 5.75 Å². The summed E-state index contributed by atoms with van der Waals surface area (Å²) in [7, 11) is -4.17. The van der Waals surface area contributed by atoms with Gasteiger partial charge in [0.05, 0.1) is 82.5 Å². The molecule has 3 unspecified atom stereocenters. The normalized spacial score (nSPS) is 16.8. The summed E-state index contributed by atoms with van der Waals surface area (Å²) in [6.45, 7) is 8.38. The van der Waals surface area contributed by atoms with Gasteiger partial charge in [0.15, 0.2) is 28.6 Å². The van der Waals surface area contributed by atoms with E-state index in [0.29, 0.717) is 89.0 Å². The van der Waals surface area contributed by atoms with Crippen molar-refractivity contribution < 1.29 is 47.6 Å². The maximum Gasteiger partial charge on any atom is 0.226 e. The van der Waals surface area contributed by atoms with Crippen LogP contribution in [0, 0.1) is 12.3 Å². The molecule has 276 valence electrons. The van der Waals surface area contributed by atoms with Crippen molar-refractivity contribution in [2.24, 2.45) is 0 Å². The van der Waals surface area contributed by atoms with Crippen LogP contribution in [-0.4, -0.2) is 119 Å². The van der Waals surface area contributed by atoms with E-state index in [4.69, 9.17) is 60.8 Å². The second-order valence-corrected chi connectivity index (χ2v) is 14.6. The van der Waals surface area contributed by atoms with Crippen LogP contribution >= 0.6 is 28.4 Å². The average Bonchev–Trinajstić information content (AvgIpc) is 3.72. The fourth-order valence-electron chi connectivity index (χ4n) is 5.04. The Hall–Kier alpha value is -2.28. The van der Waals surface area contributed by atoms with Crippen LogP contribution < -0.4 is 9.64 Å². The minimum atomic E-state index is -2.23. The second kappa shape index (κ2) is 21.9. The van der Waals surface area contributed by atoms with Crippen LogP contribution in [0.4, 0.5) is 5.82 Å². The molecule has 0 amide bonds. The maximum absolute atomic E-state index is 9.91. The number of halogens is 1. The van der Waals surface area contributed by atoms with Gasteiger partial charge >= 0.3 is 0 Å². The molecule has 0 radical (unpaired) electrons. The SMILES string of the molecule is C#CCOCCOCCOCCOCCN(Cc1ccc(OC(C)C)cc1)c1nc(Cl)nc2c1cnn2C1CCC(COP(O)CP(O)O)O1. The Bertz CT molecular complexity index is 1470. The lowest BCUT2D eigenvalue weighted by molar-refractivity contribution is -0.0213. The first-order chi connectivity index (χ1) is 24.2. The quantitative estimate of drug-likeness (QED) is 0.0513. The van der Waals surface area contributed by atoms with E-state index < -0.39 is 23.0 Å². The van der Waals surface area contributed by atoms with Gasteiger partial charge in [-0.05, 0) is 56.0 Å². The monoisotopic (exact) mass is 757 g/mol. The van der Waals surface area contributed by atoms with Crippen molar-refractivity contribution in [1.29, 1.82) is 0 Å². The Morgan fingerprint density at radius 2 is 1.68 bits per heavy atom. The van der Waals surface area contributed by atoms with Gasteiger partial charge < -0.3 is 52.5 Å². The molecule has 0 bridgehead atoms. The van der Waals surface area contributed by atoms with Crippen LogP contribution in [0.2, 0.25) is 5.28 Å². The summed E-state index contributed by atoms with van der Waals surface area (Å²) in [6.07, 6.45) is 7.47. The molecule has 50 heavy (non-hydrogen) atoms. The van der Waals surface area contributed by atoms with Crippen LogP contribution in [-0.2, 0) is 34.8 Å². The largest absolute Gasteiger partial charge is 0.491 e. The lowest BCUT2D eigenvalue weighted by Gasteiger charge is -2.25. The fourth-order valence-corrected chi connectivity index (χ4v) is 6.73. The Morgan fingerprint density at radius 3 is 2.34 bits per heavy atom. The van der Waals surface area contributed by atoms with Crippen molar-refractivity contribution in [2.45, 2.75) is 51.7 Å². The summed E-state index contributed by atoms with van der Waals surface area (Å²) in [5.41, 5.74) is 1.55. The lowest BCUT2D eigenvalue weighted by atomic mass is 10.2. The molecule has 1 aliphatic heterocycles. The van der Waals surface area contributed by atoms with Gasteiger partial charge in [0.25, 0.3) is 0 Å². The van der Waals surface area contributed by atoms with Crippen LogP contribution in [0.1, 0.15) is 38.5 Å². The topological polar surface area (TPSA) is 172 Å². The molecule has 18 heteroatoms. The van der Waals surface area contributed by atoms with Crippen molar-refractivity contribution in [2.75, 3.05) is 76.8 Å². The fraction of sp³-hybridized carbons (Fsp3) is 0.594. The van der Waals surface area contributed by atoms with E-state index in [1.54, 1.807) is 10.9 Å². The number of ether oxygens (including phenoxy) is 6. The highest BCUT2D eigenvalue weighted by Crippen LogP contribution is 2.44. The third kappa shape index (κ3) is 13.7. The molecular formula is C32H46ClN5O10P2. The van der Waals surface area contributed by atoms with E-state index in [0.717, 1.165) is 11.3 Å². The number of hydrogen-bond donors (Lipinski definition) is 3. The molecule has 15 nitrogen and oxygen atoms in total. The highest BCUT2D eigenvalue weighted by atomic mass is 35.5. The third-order valence-corrected chi connectivity index (χ3v) is 9.79. The van der Waals surface area contributed by atoms with E-state index in [-0.39, 0.29) is 36.6 Å². The number of terminal acetylenes is 1. The van der Waals surface area contributed by atoms with Crippen molar-refractivity contribution in [3.8, 4) is 18.1 Å². The third-order valence-electron chi connectivity index (χ3n) is 7.20. The van der Waals surface area contributed by atoms with Crippen LogP contribution in [0.15, 0.2) is 30.5 Å². The molecule has 1 saturated heterocycles. The Balaban J connectivity index is 1.38. The highest BCUT2D eigenvalue weighted by Gasteiger charge is 2.31. The second-order valence-electron chi connectivity index (χ2n) is 11.4. The molecule has 0 spiro atoms. The molecule has 1 aliphatic rings. The maximum atomic E-state index is 9.91. The Kier molecular flexibility index (Phi) is 17.8. The summed E-state index contributed by atoms with van der Waals surface area (Å²) in [4.78, 5) is 39.4. The minimum Gasteiger partial charge on any atom is -0.491 e. The van der Waals surface area contributed by atoms with Crippen LogP contribution in [0.25, 0.3) is 11.0 Å². The van der Waals surface area contributed by atoms with E-state index in [1.165, 1.54) is 0 Å². The van der Waals surface area contributed by atoms with Crippen molar-refractivity contribution in [3.63, 3.8) is 0 Å². The van der Waals surface area contributed by atoms with Gasteiger partial charge in [-0.25, -0.2) is 4.68 Å². The van der Waals surface area contributed by atoms with E-state index in [1.807, 2.05) is 38.1 Å². The lowest BCUT2D eigenvalue weighted by Crippen LogP contribution is -2.29. The average molecular weight is 758 g/mol. The van der Waals surface area contributed by atoms with Crippen molar-refractivity contribution in [3.05, 3.63) is 41.3 Å². The minimum absolute atomic E-state index is 0.0624. The first-order valence-corrected chi connectivity index (χ1v) is 19.5. The smallest absolute Gasteiger partial charge is 0.226 e. The van der Waals surface area contributed by atoms with Gasteiger partial charge in [-0.3, -0.25) is 0 Å². The number of nitrogens with zero attached hydrogens (tertiary/aromatic N) is 5. The van der Waals surface area contributed by atoms with E-state index in [2.05, 4.69) is 25.9 Å². The summed E-state index contributed by atoms with van der Waals surface area (Å²) in [5.74, 6) is 3.61. The number of rotatable bonds is 24. The zero-order valence-electron chi connectivity index (χ0n) is 28.3. The van der Waals surface area contributed by atoms with E-state index in [9.17, 15) is 4.89 Å². The Labute approximate surface area is 299 Å². The molecule has 4 rings (SSSR count). The molecule has 1 fully saturated rings. The summed E-state index contributed by atoms with van der Waals surface area (Å²) in [6, 6.07) is 7.92. The predicted molar refractivity (Wildman–Crippen MR) is 190 cm³/mol. The first-order valence-electron chi connectivity index (χ1n) is 16.3. The highest BCUT2D eigenvalue weighted by molar-refractivity contribution is 7.63. The van der Waals surface area contributed by atoms with Crippen molar-refractivity contribution >= 4 is 45.2 Å². The molecular weight excluding hydrogens is 712 g/mol. The number of aromatic nitrogens is 4. The molecule has 3 atom stereocenters. The number of hydrogen-bond acceptors (Lipinski definition) is 14. The molecule has 3 aromatic rings. The Morgan fingerprint density at radius 1 is 1.00 bits per heavy atom. The summed E-state index contributed by atoms with van der Waals surface area (Å²) < 4.78 is 41.2. The van der Waals surface area contributed by atoms with Gasteiger partial charge in [0.1, 0.15) is 18.2 Å². The van der Waals surface area contributed by atoms with Gasteiger partial charge in [0, 0.05) is 13.1 Å². The summed E-state index contributed by atoms with van der Waals surface area (Å²) >= 11 is 6.51. The van der Waals surface area contributed by atoms with Gasteiger partial charge in [-0.1, -0.05) is 18.1 Å².